The highest BCUT2D eigenvalue weighted by Crippen LogP contribution is 2.49. The van der Waals surface area contributed by atoms with E-state index in [1.165, 1.54) is 23.9 Å². The van der Waals surface area contributed by atoms with Crippen LogP contribution < -0.4 is 10.2 Å². The molecule has 4 nitrogen and oxygen atoms in total. The number of alkyl halides is 3. The molecule has 0 aliphatic carbocycles. The lowest BCUT2D eigenvalue weighted by Crippen LogP contribution is -2.21. The zero-order chi connectivity index (χ0) is 24.6. The van der Waals surface area contributed by atoms with Crippen molar-refractivity contribution in [1.29, 1.82) is 0 Å². The van der Waals surface area contributed by atoms with Crippen molar-refractivity contribution in [2.45, 2.75) is 16.0 Å². The number of thioether (sulfide) groups is 1. The van der Waals surface area contributed by atoms with Gasteiger partial charge in [-0.05, 0) is 65.9 Å². The molecule has 1 N–H and O–H groups in total. The fourth-order valence-electron chi connectivity index (χ4n) is 3.63. The largest absolute Gasteiger partial charge is 0.416 e. The highest BCUT2D eigenvalue weighted by molar-refractivity contribution is 8.18. The zero-order valence-electron chi connectivity index (χ0n) is 17.8. The fraction of sp³-hybridized carbons (Fsp3) is 0.0769. The predicted octanol–water partition coefficient (Wildman–Crippen LogP) is 6.68. The lowest BCUT2D eigenvalue weighted by Gasteiger charge is -2.31. The summed E-state index contributed by atoms with van der Waals surface area (Å²) in [6.45, 7) is 0.205. The summed E-state index contributed by atoms with van der Waals surface area (Å²) in [4.78, 5) is 26.8. The van der Waals surface area contributed by atoms with Gasteiger partial charge in [0.05, 0.1) is 28.4 Å². The van der Waals surface area contributed by atoms with Crippen LogP contribution >= 0.6 is 23.5 Å². The van der Waals surface area contributed by atoms with Crippen molar-refractivity contribution in [3.8, 4) is 11.8 Å². The van der Waals surface area contributed by atoms with E-state index in [9.17, 15) is 22.8 Å². The average molecular weight is 509 g/mol. The Bertz CT molecular complexity index is 1440. The van der Waals surface area contributed by atoms with Gasteiger partial charge in [0.2, 0.25) is 0 Å². The molecule has 0 saturated carbocycles. The van der Waals surface area contributed by atoms with Crippen molar-refractivity contribution >= 4 is 52.1 Å². The molecule has 2 aliphatic heterocycles. The van der Waals surface area contributed by atoms with Crippen LogP contribution in [0.5, 0.6) is 0 Å². The molecule has 3 aromatic carbocycles. The summed E-state index contributed by atoms with van der Waals surface area (Å²) in [7, 11) is 0. The number of nitrogens with one attached hydrogen (secondary N) is 1. The molecule has 9 heteroatoms. The molecule has 0 unspecified atom stereocenters. The molecule has 1 saturated heterocycles. The molecule has 3 aromatic rings. The molecule has 0 aromatic heterocycles. The van der Waals surface area contributed by atoms with Crippen LogP contribution in [0.25, 0.3) is 6.08 Å². The lowest BCUT2D eigenvalue weighted by atomic mass is 10.1. The third-order valence-electron chi connectivity index (χ3n) is 5.27. The maximum atomic E-state index is 13.4. The van der Waals surface area contributed by atoms with E-state index >= 15 is 0 Å². The molecular weight excluding hydrogens is 493 g/mol. The molecular formula is C26H15F3N2O2S2. The van der Waals surface area contributed by atoms with Crippen LogP contribution in [0.15, 0.2) is 81.4 Å². The number of hydrogen-bond acceptors (Lipinski definition) is 5. The quantitative estimate of drug-likeness (QED) is 0.309. The van der Waals surface area contributed by atoms with E-state index in [1.807, 2.05) is 24.3 Å². The monoisotopic (exact) mass is 508 g/mol. The Labute approximate surface area is 207 Å². The van der Waals surface area contributed by atoms with Gasteiger partial charge in [0, 0.05) is 15.4 Å². The highest BCUT2D eigenvalue weighted by atomic mass is 32.2. The summed E-state index contributed by atoms with van der Waals surface area (Å²) in [6, 6.07) is 18.5. The summed E-state index contributed by atoms with van der Waals surface area (Å²) in [6.07, 6.45) is -2.81. The number of halogens is 3. The van der Waals surface area contributed by atoms with Gasteiger partial charge in [0.15, 0.2) is 0 Å². The first kappa shape index (κ1) is 23.1. The molecule has 0 bridgehead atoms. The van der Waals surface area contributed by atoms with Gasteiger partial charge >= 0.3 is 6.18 Å². The smallest absolute Gasteiger partial charge is 0.328 e. The second-order valence-electron chi connectivity index (χ2n) is 7.61. The molecule has 174 valence electrons. The minimum atomic E-state index is -4.43. The lowest BCUT2D eigenvalue weighted by molar-refractivity contribution is -0.137. The fourth-order valence-corrected chi connectivity index (χ4v) is 5.39. The minimum absolute atomic E-state index is 0.205. The molecule has 1 fully saturated rings. The Balaban J connectivity index is 1.40. The van der Waals surface area contributed by atoms with Crippen molar-refractivity contribution in [3.05, 3.63) is 88.3 Å². The Hall–Kier alpha value is -3.61. The predicted molar refractivity (Wildman–Crippen MR) is 131 cm³/mol. The van der Waals surface area contributed by atoms with Gasteiger partial charge < -0.3 is 4.90 Å². The van der Waals surface area contributed by atoms with Crippen LogP contribution in [-0.4, -0.2) is 17.7 Å². The average Bonchev–Trinajstić information content (AvgIpc) is 3.15. The Kier molecular flexibility index (Phi) is 6.09. The summed E-state index contributed by atoms with van der Waals surface area (Å²) < 4.78 is 40.1. The van der Waals surface area contributed by atoms with E-state index in [0.29, 0.717) is 10.6 Å². The van der Waals surface area contributed by atoms with Gasteiger partial charge in [-0.2, -0.15) is 13.2 Å². The first-order valence-corrected chi connectivity index (χ1v) is 12.0. The maximum Gasteiger partial charge on any atom is 0.416 e. The third-order valence-corrected chi connectivity index (χ3v) is 7.21. The topological polar surface area (TPSA) is 49.4 Å². The van der Waals surface area contributed by atoms with Gasteiger partial charge in [-0.15, -0.1) is 0 Å². The number of carbonyl (C=O) groups excluding carboxylic acids is 2. The summed E-state index contributed by atoms with van der Waals surface area (Å²) >= 11 is 2.29. The molecule has 5 rings (SSSR count). The van der Waals surface area contributed by atoms with Gasteiger partial charge in [-0.1, -0.05) is 47.9 Å². The van der Waals surface area contributed by atoms with E-state index in [0.717, 1.165) is 44.4 Å². The van der Waals surface area contributed by atoms with Crippen LogP contribution in [0.1, 0.15) is 16.7 Å². The van der Waals surface area contributed by atoms with Crippen molar-refractivity contribution in [3.63, 3.8) is 0 Å². The number of imide groups is 1. The van der Waals surface area contributed by atoms with E-state index in [4.69, 9.17) is 0 Å². The van der Waals surface area contributed by atoms with E-state index in [2.05, 4.69) is 17.2 Å². The van der Waals surface area contributed by atoms with Crippen molar-refractivity contribution in [2.24, 2.45) is 0 Å². The summed E-state index contributed by atoms with van der Waals surface area (Å²) in [5, 5.41) is 1.81. The first-order valence-electron chi connectivity index (χ1n) is 10.4. The van der Waals surface area contributed by atoms with E-state index < -0.39 is 22.9 Å². The van der Waals surface area contributed by atoms with E-state index in [1.54, 1.807) is 35.2 Å². The SMILES string of the molecule is O=C1NC(=O)/C(=C\c2ccc(C#CCN3c4ccccc4Sc4ccc(C(F)(F)F)cc43)cc2)S1. The molecule has 0 radical (unpaired) electrons. The molecule has 0 spiro atoms. The number of para-hydroxylation sites is 1. The van der Waals surface area contributed by atoms with Crippen LogP contribution in [0.4, 0.5) is 29.3 Å². The third kappa shape index (κ3) is 4.94. The van der Waals surface area contributed by atoms with Crippen LogP contribution in [0.3, 0.4) is 0 Å². The number of nitrogens with zero attached hydrogens (tertiary/aromatic N) is 1. The first-order chi connectivity index (χ1) is 16.8. The second kappa shape index (κ2) is 9.21. The number of anilines is 2. The maximum absolute atomic E-state index is 13.4. The minimum Gasteiger partial charge on any atom is -0.328 e. The zero-order valence-corrected chi connectivity index (χ0v) is 19.5. The molecule has 2 heterocycles. The van der Waals surface area contributed by atoms with E-state index in [-0.39, 0.29) is 6.54 Å². The number of rotatable bonds is 2. The number of fused-ring (bicyclic) bond motifs is 2. The van der Waals surface area contributed by atoms with Gasteiger partial charge in [0.25, 0.3) is 11.1 Å². The van der Waals surface area contributed by atoms with Crippen molar-refractivity contribution < 1.29 is 22.8 Å². The number of hydrogen-bond donors (Lipinski definition) is 1. The number of benzene rings is 3. The molecule has 35 heavy (non-hydrogen) atoms. The standard InChI is InChI=1S/C26H15F3N2O2S2/c27-26(28,29)18-11-12-22-20(15-18)31(19-5-1-2-6-21(19)34-22)13-3-4-16-7-9-17(10-8-16)14-23-24(32)30-25(33)35-23/h1-2,5-12,14-15H,13H2,(H,30,32,33)/b23-14+. The van der Waals surface area contributed by atoms with Gasteiger partial charge in [-0.3, -0.25) is 14.9 Å². The van der Waals surface area contributed by atoms with Gasteiger partial charge in [-0.25, -0.2) is 0 Å². The Morgan fingerprint density at radius 1 is 0.914 bits per heavy atom. The Morgan fingerprint density at radius 3 is 2.37 bits per heavy atom. The number of carbonyl (C=O) groups is 2. The van der Waals surface area contributed by atoms with Crippen LogP contribution in [-0.2, 0) is 11.0 Å². The molecule has 0 atom stereocenters. The summed E-state index contributed by atoms with van der Waals surface area (Å²) in [5.41, 5.74) is 2.05. The summed E-state index contributed by atoms with van der Waals surface area (Å²) in [5.74, 6) is 5.71. The van der Waals surface area contributed by atoms with Crippen molar-refractivity contribution in [1.82, 2.24) is 5.32 Å². The molecule has 2 amide bonds. The normalized spacial score (nSPS) is 15.9. The van der Waals surface area contributed by atoms with Crippen LogP contribution in [0.2, 0.25) is 0 Å². The van der Waals surface area contributed by atoms with Crippen molar-refractivity contribution in [2.75, 3.05) is 11.4 Å². The number of amides is 2. The second-order valence-corrected chi connectivity index (χ2v) is 9.71. The Morgan fingerprint density at radius 2 is 1.66 bits per heavy atom. The molecule has 2 aliphatic rings. The highest BCUT2D eigenvalue weighted by Gasteiger charge is 2.33. The van der Waals surface area contributed by atoms with Crippen LogP contribution in [0, 0.1) is 11.8 Å². The van der Waals surface area contributed by atoms with Gasteiger partial charge in [0.1, 0.15) is 0 Å².